The molecule has 0 bridgehead atoms. The molecule has 0 heterocycles. The highest BCUT2D eigenvalue weighted by molar-refractivity contribution is 7.89. The zero-order valence-electron chi connectivity index (χ0n) is 12.1. The van der Waals surface area contributed by atoms with Gasteiger partial charge >= 0.3 is 5.97 Å². The lowest BCUT2D eigenvalue weighted by Crippen LogP contribution is -2.26. The number of hydrogen-bond donors (Lipinski definition) is 2. The minimum Gasteiger partial charge on any atom is -0.478 e. The average Bonchev–Trinajstić information content (AvgIpc) is 2.55. The first kappa shape index (κ1) is 16.7. The fourth-order valence-corrected chi connectivity index (χ4v) is 3.04. The first-order chi connectivity index (χ1) is 10.9. The maximum atomic E-state index is 12.1. The van der Waals surface area contributed by atoms with E-state index in [0.717, 1.165) is 5.56 Å². The van der Waals surface area contributed by atoms with Gasteiger partial charge in [-0.2, -0.15) is 5.26 Å². The predicted molar refractivity (Wildman–Crippen MR) is 83.5 cm³/mol. The maximum absolute atomic E-state index is 12.1. The van der Waals surface area contributed by atoms with Crippen molar-refractivity contribution in [2.24, 2.45) is 0 Å². The second-order valence-corrected chi connectivity index (χ2v) is 6.56. The molecule has 2 rings (SSSR count). The lowest BCUT2D eigenvalue weighted by atomic mass is 10.1. The Hall–Kier alpha value is -2.69. The summed E-state index contributed by atoms with van der Waals surface area (Å²) in [6.07, 6.45) is 0.428. The van der Waals surface area contributed by atoms with Crippen LogP contribution in [0.5, 0.6) is 0 Å². The van der Waals surface area contributed by atoms with Crippen molar-refractivity contribution >= 4 is 16.0 Å². The van der Waals surface area contributed by atoms with E-state index in [0.29, 0.717) is 6.42 Å². The number of hydrogen-bond acceptors (Lipinski definition) is 4. The van der Waals surface area contributed by atoms with Gasteiger partial charge in [0.15, 0.2) is 0 Å². The van der Waals surface area contributed by atoms with Crippen molar-refractivity contribution in [2.45, 2.75) is 11.3 Å². The van der Waals surface area contributed by atoms with E-state index in [1.807, 2.05) is 6.07 Å². The molecule has 2 aromatic carbocycles. The molecule has 0 radical (unpaired) electrons. The van der Waals surface area contributed by atoms with Crippen LogP contribution in [0.3, 0.4) is 0 Å². The van der Waals surface area contributed by atoms with Gasteiger partial charge in [0.05, 0.1) is 22.1 Å². The number of rotatable bonds is 6. The van der Waals surface area contributed by atoms with E-state index in [2.05, 4.69) is 4.72 Å². The summed E-state index contributed by atoms with van der Waals surface area (Å²) in [6, 6.07) is 13.9. The van der Waals surface area contributed by atoms with E-state index in [-0.39, 0.29) is 22.6 Å². The van der Waals surface area contributed by atoms with Crippen LogP contribution in [0.15, 0.2) is 53.4 Å². The Morgan fingerprint density at radius 1 is 1.17 bits per heavy atom. The number of benzene rings is 2. The molecule has 23 heavy (non-hydrogen) atoms. The molecule has 0 aliphatic heterocycles. The zero-order chi connectivity index (χ0) is 16.9. The van der Waals surface area contributed by atoms with Gasteiger partial charge in [-0.1, -0.05) is 18.2 Å². The number of sulfonamides is 1. The van der Waals surface area contributed by atoms with E-state index in [1.165, 1.54) is 36.4 Å². The molecule has 0 unspecified atom stereocenters. The molecule has 0 saturated carbocycles. The average molecular weight is 330 g/mol. The van der Waals surface area contributed by atoms with Gasteiger partial charge in [0.1, 0.15) is 0 Å². The lowest BCUT2D eigenvalue weighted by molar-refractivity contribution is 0.0697. The summed E-state index contributed by atoms with van der Waals surface area (Å²) in [5.41, 5.74) is 1.28. The van der Waals surface area contributed by atoms with E-state index in [9.17, 15) is 13.2 Å². The van der Waals surface area contributed by atoms with Gasteiger partial charge in [-0.05, 0) is 42.3 Å². The highest BCUT2D eigenvalue weighted by Gasteiger charge is 2.13. The first-order valence-corrected chi connectivity index (χ1v) is 8.23. The molecule has 0 amide bonds. The Morgan fingerprint density at radius 2 is 1.87 bits per heavy atom. The lowest BCUT2D eigenvalue weighted by Gasteiger charge is -2.07. The van der Waals surface area contributed by atoms with Crippen LogP contribution in [0.4, 0.5) is 0 Å². The molecule has 6 nitrogen and oxygen atoms in total. The summed E-state index contributed by atoms with van der Waals surface area (Å²) in [5, 5.41) is 17.6. The Labute approximate surface area is 134 Å². The quantitative estimate of drug-likeness (QED) is 0.839. The van der Waals surface area contributed by atoms with Crippen molar-refractivity contribution in [1.82, 2.24) is 4.72 Å². The zero-order valence-corrected chi connectivity index (χ0v) is 12.9. The van der Waals surface area contributed by atoms with Crippen LogP contribution < -0.4 is 4.72 Å². The van der Waals surface area contributed by atoms with Crippen LogP contribution in [0, 0.1) is 11.3 Å². The summed E-state index contributed by atoms with van der Waals surface area (Å²) in [6.45, 7) is 0.172. The number of carbonyl (C=O) groups is 1. The molecular formula is C16H14N2O4S. The molecule has 0 aliphatic carbocycles. The van der Waals surface area contributed by atoms with E-state index in [1.54, 1.807) is 12.1 Å². The fraction of sp³-hybridized carbons (Fsp3) is 0.125. The normalized spacial score (nSPS) is 10.9. The largest absolute Gasteiger partial charge is 0.478 e. The summed E-state index contributed by atoms with van der Waals surface area (Å²) in [4.78, 5) is 10.8. The Morgan fingerprint density at radius 3 is 2.48 bits per heavy atom. The number of nitrogens with one attached hydrogen (secondary N) is 1. The molecule has 0 atom stereocenters. The number of carboxylic acids is 1. The van der Waals surface area contributed by atoms with Gasteiger partial charge in [0.2, 0.25) is 10.0 Å². The summed E-state index contributed by atoms with van der Waals surface area (Å²) >= 11 is 0. The Kier molecular flexibility index (Phi) is 5.11. The minimum atomic E-state index is -3.68. The Bertz CT molecular complexity index is 852. The van der Waals surface area contributed by atoms with Crippen LogP contribution in [-0.4, -0.2) is 26.0 Å². The van der Waals surface area contributed by atoms with Crippen LogP contribution >= 0.6 is 0 Å². The summed E-state index contributed by atoms with van der Waals surface area (Å²) in [7, 11) is -3.68. The topological polar surface area (TPSA) is 107 Å². The third-order valence-corrected chi connectivity index (χ3v) is 4.64. The fourth-order valence-electron chi connectivity index (χ4n) is 1.96. The van der Waals surface area contributed by atoms with Crippen LogP contribution in [0.1, 0.15) is 21.5 Å². The minimum absolute atomic E-state index is 0.0396. The SMILES string of the molecule is N#Cc1cccc(S(=O)(=O)NCCc2ccc(C(=O)O)cc2)c1. The summed E-state index contributed by atoms with van der Waals surface area (Å²) in [5.74, 6) is -1.00. The van der Waals surface area contributed by atoms with Gasteiger partial charge in [-0.3, -0.25) is 0 Å². The van der Waals surface area contributed by atoms with Crippen LogP contribution in [-0.2, 0) is 16.4 Å². The maximum Gasteiger partial charge on any atom is 0.335 e. The van der Waals surface area contributed by atoms with Crippen molar-refractivity contribution in [3.05, 3.63) is 65.2 Å². The molecule has 7 heteroatoms. The molecule has 2 N–H and O–H groups in total. The van der Waals surface area contributed by atoms with Crippen LogP contribution in [0.25, 0.3) is 0 Å². The van der Waals surface area contributed by atoms with Gasteiger partial charge in [0.25, 0.3) is 0 Å². The molecule has 0 aromatic heterocycles. The van der Waals surface area contributed by atoms with Crippen molar-refractivity contribution < 1.29 is 18.3 Å². The van der Waals surface area contributed by atoms with Gasteiger partial charge < -0.3 is 5.11 Å². The molecule has 0 spiro atoms. The van der Waals surface area contributed by atoms with Gasteiger partial charge in [-0.15, -0.1) is 0 Å². The number of nitriles is 1. The van der Waals surface area contributed by atoms with Crippen molar-refractivity contribution in [3.8, 4) is 6.07 Å². The molecule has 0 fully saturated rings. The molecular weight excluding hydrogens is 316 g/mol. The predicted octanol–water partition coefficient (Wildman–Crippen LogP) is 1.78. The number of carboxylic acid groups (broad SMARTS) is 1. The molecule has 118 valence electrons. The van der Waals surface area contributed by atoms with Crippen LogP contribution in [0.2, 0.25) is 0 Å². The smallest absolute Gasteiger partial charge is 0.335 e. The standard InChI is InChI=1S/C16H14N2O4S/c17-11-13-2-1-3-15(10-13)23(21,22)18-9-8-12-4-6-14(7-5-12)16(19)20/h1-7,10,18H,8-9H2,(H,19,20). The van der Waals surface area contributed by atoms with E-state index < -0.39 is 16.0 Å². The Balaban J connectivity index is 1.99. The second-order valence-electron chi connectivity index (χ2n) is 4.79. The van der Waals surface area contributed by atoms with E-state index in [4.69, 9.17) is 10.4 Å². The summed E-state index contributed by atoms with van der Waals surface area (Å²) < 4.78 is 26.7. The third-order valence-electron chi connectivity index (χ3n) is 3.18. The molecule has 2 aromatic rings. The highest BCUT2D eigenvalue weighted by Crippen LogP contribution is 2.11. The first-order valence-electron chi connectivity index (χ1n) is 6.74. The van der Waals surface area contributed by atoms with E-state index >= 15 is 0 Å². The number of aromatic carboxylic acids is 1. The highest BCUT2D eigenvalue weighted by atomic mass is 32.2. The van der Waals surface area contributed by atoms with Gasteiger partial charge in [-0.25, -0.2) is 17.9 Å². The molecule has 0 aliphatic rings. The molecule has 0 saturated heterocycles. The van der Waals surface area contributed by atoms with Crippen molar-refractivity contribution in [1.29, 1.82) is 5.26 Å². The van der Waals surface area contributed by atoms with Gasteiger partial charge in [0, 0.05) is 6.54 Å². The second kappa shape index (κ2) is 7.05. The monoisotopic (exact) mass is 330 g/mol. The third kappa shape index (κ3) is 4.39. The number of nitrogens with zero attached hydrogens (tertiary/aromatic N) is 1. The van der Waals surface area contributed by atoms with Crippen molar-refractivity contribution in [3.63, 3.8) is 0 Å². The van der Waals surface area contributed by atoms with Crippen molar-refractivity contribution in [2.75, 3.05) is 6.54 Å².